The highest BCUT2D eigenvalue weighted by Gasteiger charge is 2.17. The molecular weight excluding hydrogens is 378 g/mol. The number of carbonyl (C=O) groups is 1. The van der Waals surface area contributed by atoms with Crippen molar-refractivity contribution in [3.63, 3.8) is 0 Å². The van der Waals surface area contributed by atoms with Gasteiger partial charge >= 0.3 is 0 Å². The van der Waals surface area contributed by atoms with E-state index in [0.717, 1.165) is 21.9 Å². The molecule has 0 atom stereocenters. The number of sulfone groups is 1. The van der Waals surface area contributed by atoms with Crippen LogP contribution in [-0.4, -0.2) is 32.5 Å². The van der Waals surface area contributed by atoms with E-state index in [1.54, 1.807) is 24.9 Å². The van der Waals surface area contributed by atoms with Crippen LogP contribution in [0.15, 0.2) is 51.8 Å². The first-order valence-electron chi connectivity index (χ1n) is 6.99. The molecule has 0 fully saturated rings. The van der Waals surface area contributed by atoms with Crippen molar-refractivity contribution in [3.05, 3.63) is 63.6 Å². The number of rotatable bonds is 4. The summed E-state index contributed by atoms with van der Waals surface area (Å²) in [5.74, 6) is -0.198. The maximum atomic E-state index is 12.6. The summed E-state index contributed by atoms with van der Waals surface area (Å²) in [5.41, 5.74) is 2.17. The molecule has 0 heterocycles. The molecule has 0 aliphatic carbocycles. The number of halogens is 1. The minimum atomic E-state index is -3.34. The van der Waals surface area contributed by atoms with E-state index in [2.05, 4.69) is 15.9 Å². The molecule has 6 heteroatoms. The Kier molecular flexibility index (Phi) is 5.26. The molecule has 0 unspecified atom stereocenters. The van der Waals surface area contributed by atoms with E-state index in [1.807, 2.05) is 24.3 Å². The van der Waals surface area contributed by atoms with Gasteiger partial charge in [-0.25, -0.2) is 8.42 Å². The van der Waals surface area contributed by atoms with E-state index in [4.69, 9.17) is 0 Å². The molecule has 2 aromatic carbocycles. The molecule has 122 valence electrons. The molecule has 0 aliphatic heterocycles. The molecular formula is C17H18BrNO3S. The minimum Gasteiger partial charge on any atom is -0.337 e. The topological polar surface area (TPSA) is 54.5 Å². The van der Waals surface area contributed by atoms with Gasteiger partial charge in [0.2, 0.25) is 0 Å². The van der Waals surface area contributed by atoms with Crippen molar-refractivity contribution in [2.45, 2.75) is 18.4 Å². The van der Waals surface area contributed by atoms with Crippen LogP contribution in [0, 0.1) is 6.92 Å². The highest BCUT2D eigenvalue weighted by atomic mass is 79.9. The van der Waals surface area contributed by atoms with E-state index < -0.39 is 9.84 Å². The molecule has 1 amide bonds. The van der Waals surface area contributed by atoms with Crippen molar-refractivity contribution in [2.75, 3.05) is 13.3 Å². The zero-order valence-electron chi connectivity index (χ0n) is 13.2. The SMILES string of the molecule is Cc1ccc(S(C)(=O)=O)cc1C(=O)N(C)Cc1ccc(Br)cc1. The number of benzene rings is 2. The second-order valence-electron chi connectivity index (χ2n) is 5.54. The molecule has 0 radical (unpaired) electrons. The van der Waals surface area contributed by atoms with Crippen LogP contribution < -0.4 is 0 Å². The predicted octanol–water partition coefficient (Wildman–Crippen LogP) is 3.43. The van der Waals surface area contributed by atoms with Gasteiger partial charge in [0.25, 0.3) is 5.91 Å². The maximum Gasteiger partial charge on any atom is 0.254 e. The van der Waals surface area contributed by atoms with Crippen molar-refractivity contribution in [3.8, 4) is 0 Å². The maximum absolute atomic E-state index is 12.6. The van der Waals surface area contributed by atoms with E-state index in [1.165, 1.54) is 12.1 Å². The molecule has 0 aliphatic rings. The Morgan fingerprint density at radius 3 is 2.30 bits per heavy atom. The summed E-state index contributed by atoms with van der Waals surface area (Å²) in [4.78, 5) is 14.4. The number of carbonyl (C=O) groups excluding carboxylic acids is 1. The first kappa shape index (κ1) is 17.7. The Morgan fingerprint density at radius 1 is 1.13 bits per heavy atom. The van der Waals surface area contributed by atoms with Gasteiger partial charge in [0.15, 0.2) is 9.84 Å². The van der Waals surface area contributed by atoms with Crippen LogP contribution in [0.25, 0.3) is 0 Å². The second kappa shape index (κ2) is 6.84. The van der Waals surface area contributed by atoms with Gasteiger partial charge in [-0.2, -0.15) is 0 Å². The van der Waals surface area contributed by atoms with Gasteiger partial charge in [0, 0.05) is 29.9 Å². The summed E-state index contributed by atoms with van der Waals surface area (Å²) >= 11 is 3.38. The highest BCUT2D eigenvalue weighted by molar-refractivity contribution is 9.10. The molecule has 23 heavy (non-hydrogen) atoms. The van der Waals surface area contributed by atoms with Gasteiger partial charge in [0.05, 0.1) is 4.90 Å². The van der Waals surface area contributed by atoms with Gasteiger partial charge < -0.3 is 4.90 Å². The Labute approximate surface area is 145 Å². The number of aryl methyl sites for hydroxylation is 1. The lowest BCUT2D eigenvalue weighted by Gasteiger charge is -2.19. The van der Waals surface area contributed by atoms with E-state index in [-0.39, 0.29) is 10.8 Å². The molecule has 0 aromatic heterocycles. The lowest BCUT2D eigenvalue weighted by Crippen LogP contribution is -2.27. The summed E-state index contributed by atoms with van der Waals surface area (Å²) in [5, 5.41) is 0. The Balaban J connectivity index is 2.27. The minimum absolute atomic E-state index is 0.156. The van der Waals surface area contributed by atoms with Crippen LogP contribution in [0.3, 0.4) is 0 Å². The van der Waals surface area contributed by atoms with Crippen LogP contribution in [-0.2, 0) is 16.4 Å². The fourth-order valence-corrected chi connectivity index (χ4v) is 3.11. The summed E-state index contributed by atoms with van der Waals surface area (Å²) in [6.07, 6.45) is 1.14. The number of hydrogen-bond acceptors (Lipinski definition) is 3. The normalized spacial score (nSPS) is 11.3. The average molecular weight is 396 g/mol. The van der Waals surface area contributed by atoms with E-state index >= 15 is 0 Å². The van der Waals surface area contributed by atoms with Crippen molar-refractivity contribution in [2.24, 2.45) is 0 Å². The number of amides is 1. The highest BCUT2D eigenvalue weighted by Crippen LogP contribution is 2.18. The third-order valence-corrected chi connectivity index (χ3v) is 5.19. The van der Waals surface area contributed by atoms with E-state index in [9.17, 15) is 13.2 Å². The van der Waals surface area contributed by atoms with Gasteiger partial charge in [-0.05, 0) is 42.3 Å². The summed E-state index contributed by atoms with van der Waals surface area (Å²) in [7, 11) is -1.64. The Hall–Kier alpha value is -1.66. The van der Waals surface area contributed by atoms with Crippen molar-refractivity contribution in [1.82, 2.24) is 4.90 Å². The first-order valence-corrected chi connectivity index (χ1v) is 9.67. The lowest BCUT2D eigenvalue weighted by atomic mass is 10.1. The molecule has 2 aromatic rings. The third kappa shape index (κ3) is 4.42. The molecule has 0 spiro atoms. The van der Waals surface area contributed by atoms with Gasteiger partial charge in [0.1, 0.15) is 0 Å². The fourth-order valence-electron chi connectivity index (χ4n) is 2.20. The van der Waals surface area contributed by atoms with Crippen LogP contribution in [0.1, 0.15) is 21.5 Å². The van der Waals surface area contributed by atoms with Gasteiger partial charge in [-0.3, -0.25) is 4.79 Å². The van der Waals surface area contributed by atoms with Crippen LogP contribution in [0.4, 0.5) is 0 Å². The smallest absolute Gasteiger partial charge is 0.254 e. The Morgan fingerprint density at radius 2 is 1.74 bits per heavy atom. The standard InChI is InChI=1S/C17H18BrNO3S/c1-12-4-9-15(23(3,21)22)10-16(12)17(20)19(2)11-13-5-7-14(18)8-6-13/h4-10H,11H2,1-3H3. The zero-order chi connectivity index (χ0) is 17.2. The van der Waals surface area contributed by atoms with Gasteiger partial charge in [-0.15, -0.1) is 0 Å². The zero-order valence-corrected chi connectivity index (χ0v) is 15.6. The third-order valence-electron chi connectivity index (χ3n) is 3.55. The van der Waals surface area contributed by atoms with Crippen LogP contribution >= 0.6 is 15.9 Å². The molecule has 2 rings (SSSR count). The number of nitrogens with zero attached hydrogens (tertiary/aromatic N) is 1. The van der Waals surface area contributed by atoms with E-state index in [0.29, 0.717) is 12.1 Å². The van der Waals surface area contributed by atoms with Crippen LogP contribution in [0.5, 0.6) is 0 Å². The average Bonchev–Trinajstić information content (AvgIpc) is 2.48. The second-order valence-corrected chi connectivity index (χ2v) is 8.47. The van der Waals surface area contributed by atoms with Gasteiger partial charge in [-0.1, -0.05) is 34.1 Å². The van der Waals surface area contributed by atoms with Crippen LogP contribution in [0.2, 0.25) is 0 Å². The molecule has 0 saturated heterocycles. The Bertz CT molecular complexity index is 829. The summed E-state index contributed by atoms with van der Waals surface area (Å²) < 4.78 is 24.3. The predicted molar refractivity (Wildman–Crippen MR) is 94.2 cm³/mol. The monoisotopic (exact) mass is 395 g/mol. The fraction of sp³-hybridized carbons (Fsp3) is 0.235. The largest absolute Gasteiger partial charge is 0.337 e. The number of hydrogen-bond donors (Lipinski definition) is 0. The molecule has 0 saturated carbocycles. The summed E-state index contributed by atoms with van der Waals surface area (Å²) in [6, 6.07) is 12.4. The molecule has 0 N–H and O–H groups in total. The van der Waals surface area contributed by atoms with Crippen molar-refractivity contribution >= 4 is 31.7 Å². The molecule has 4 nitrogen and oxygen atoms in total. The lowest BCUT2D eigenvalue weighted by molar-refractivity contribution is 0.0784. The quantitative estimate of drug-likeness (QED) is 0.796. The van der Waals surface area contributed by atoms with Crippen molar-refractivity contribution < 1.29 is 13.2 Å². The van der Waals surface area contributed by atoms with Crippen molar-refractivity contribution in [1.29, 1.82) is 0 Å². The molecule has 0 bridgehead atoms. The first-order chi connectivity index (χ1) is 10.7. The summed E-state index contributed by atoms with van der Waals surface area (Å²) in [6.45, 7) is 2.25.